The Morgan fingerprint density at radius 2 is 1.63 bits per heavy atom. The lowest BCUT2D eigenvalue weighted by atomic mass is 10.1. The van der Waals surface area contributed by atoms with E-state index in [4.69, 9.17) is 4.74 Å². The molecule has 0 aliphatic carbocycles. The third-order valence-corrected chi connectivity index (χ3v) is 5.34. The summed E-state index contributed by atoms with van der Waals surface area (Å²) in [7, 11) is 1.64. The van der Waals surface area contributed by atoms with Crippen molar-refractivity contribution >= 4 is 17.6 Å². The number of methoxy groups -OCH3 is 1. The molecule has 0 saturated carbocycles. The van der Waals surface area contributed by atoms with Crippen LogP contribution < -0.4 is 4.74 Å². The summed E-state index contributed by atoms with van der Waals surface area (Å²) in [6, 6.07) is 5.56. The van der Waals surface area contributed by atoms with Crippen LogP contribution in [0.4, 0.5) is 0 Å². The highest BCUT2D eigenvalue weighted by atomic mass is 16.5. The number of benzene rings is 1. The van der Waals surface area contributed by atoms with Crippen LogP contribution in [0.1, 0.15) is 35.7 Å². The van der Waals surface area contributed by atoms with Crippen molar-refractivity contribution in [3.05, 3.63) is 29.3 Å². The van der Waals surface area contributed by atoms with Crippen molar-refractivity contribution in [2.75, 3.05) is 46.4 Å². The van der Waals surface area contributed by atoms with Crippen molar-refractivity contribution < 1.29 is 19.1 Å². The zero-order valence-electron chi connectivity index (χ0n) is 16.1. The third kappa shape index (κ3) is 4.73. The molecule has 2 aliphatic rings. The highest BCUT2D eigenvalue weighted by Gasteiger charge is 2.29. The number of ketones is 1. The first-order chi connectivity index (χ1) is 13.0. The van der Waals surface area contributed by atoms with E-state index in [2.05, 4.69) is 9.80 Å². The second-order valence-corrected chi connectivity index (χ2v) is 7.14. The van der Waals surface area contributed by atoms with Crippen LogP contribution >= 0.6 is 0 Å². The summed E-state index contributed by atoms with van der Waals surface area (Å²) in [5.74, 6) is 0.760. The molecule has 0 N–H and O–H groups in total. The lowest BCUT2D eigenvalue weighted by molar-refractivity contribution is -0.138. The lowest BCUT2D eigenvalue weighted by Gasteiger charge is -2.35. The van der Waals surface area contributed by atoms with Crippen LogP contribution in [0.2, 0.25) is 0 Å². The van der Waals surface area contributed by atoms with Crippen LogP contribution in [0.25, 0.3) is 0 Å². The van der Waals surface area contributed by atoms with E-state index in [-0.39, 0.29) is 17.6 Å². The number of hydrogen-bond acceptors (Lipinski definition) is 6. The number of imide groups is 1. The monoisotopic (exact) mass is 373 g/mol. The average molecular weight is 373 g/mol. The van der Waals surface area contributed by atoms with Gasteiger partial charge in [0.2, 0.25) is 11.8 Å². The fourth-order valence-corrected chi connectivity index (χ4v) is 3.65. The summed E-state index contributed by atoms with van der Waals surface area (Å²) in [5, 5.41) is 0. The van der Waals surface area contributed by atoms with Gasteiger partial charge in [-0.25, -0.2) is 0 Å². The number of amides is 2. The van der Waals surface area contributed by atoms with E-state index in [1.54, 1.807) is 20.1 Å². The molecule has 27 heavy (non-hydrogen) atoms. The summed E-state index contributed by atoms with van der Waals surface area (Å²) in [6.45, 7) is 7.11. The first-order valence-corrected chi connectivity index (χ1v) is 9.43. The molecule has 7 heteroatoms. The Balaban J connectivity index is 1.51. The van der Waals surface area contributed by atoms with Crippen LogP contribution in [-0.2, 0) is 16.1 Å². The molecule has 0 aromatic heterocycles. The minimum atomic E-state index is -0.0453. The lowest BCUT2D eigenvalue weighted by Crippen LogP contribution is -2.48. The van der Waals surface area contributed by atoms with Gasteiger partial charge in [0.1, 0.15) is 5.75 Å². The Morgan fingerprint density at radius 1 is 1.00 bits per heavy atom. The normalized spacial score (nSPS) is 19.0. The number of likely N-dealkylation sites (tertiary alicyclic amines) is 1. The number of rotatable bonds is 7. The smallest absolute Gasteiger partial charge is 0.229 e. The molecule has 0 atom stereocenters. The van der Waals surface area contributed by atoms with Crippen molar-refractivity contribution in [2.24, 2.45) is 0 Å². The molecule has 3 rings (SSSR count). The fourth-order valence-electron chi connectivity index (χ4n) is 3.65. The van der Waals surface area contributed by atoms with Gasteiger partial charge in [-0.3, -0.25) is 29.1 Å². The van der Waals surface area contributed by atoms with Crippen LogP contribution in [0, 0.1) is 0 Å². The molecule has 0 unspecified atom stereocenters. The van der Waals surface area contributed by atoms with Gasteiger partial charge in [-0.1, -0.05) is 0 Å². The topological polar surface area (TPSA) is 70.2 Å². The Kier molecular flexibility index (Phi) is 6.23. The van der Waals surface area contributed by atoms with Gasteiger partial charge in [-0.2, -0.15) is 0 Å². The van der Waals surface area contributed by atoms with Crippen molar-refractivity contribution in [2.45, 2.75) is 26.3 Å². The highest BCUT2D eigenvalue weighted by Crippen LogP contribution is 2.22. The number of carbonyl (C=O) groups excluding carboxylic acids is 3. The van der Waals surface area contributed by atoms with Crippen molar-refractivity contribution in [1.29, 1.82) is 0 Å². The summed E-state index contributed by atoms with van der Waals surface area (Å²) in [6.07, 6.45) is 0.710. The number of Topliss-reactive ketones (excluding diaryl/α,β-unsaturated/α-hetero) is 1. The molecule has 2 aliphatic heterocycles. The fraction of sp³-hybridized carbons (Fsp3) is 0.550. The van der Waals surface area contributed by atoms with Crippen LogP contribution in [-0.4, -0.2) is 78.7 Å². The molecule has 0 spiro atoms. The minimum Gasteiger partial charge on any atom is -0.496 e. The first kappa shape index (κ1) is 19.5. The number of nitrogens with zero attached hydrogens (tertiary/aromatic N) is 3. The molecular formula is C20H27N3O4. The molecular weight excluding hydrogens is 346 g/mol. The van der Waals surface area contributed by atoms with Gasteiger partial charge >= 0.3 is 0 Å². The maximum atomic E-state index is 11.7. The summed E-state index contributed by atoms with van der Waals surface area (Å²) in [5.41, 5.74) is 1.72. The summed E-state index contributed by atoms with van der Waals surface area (Å²) < 4.78 is 5.44. The Bertz CT molecular complexity index is 710. The van der Waals surface area contributed by atoms with E-state index in [9.17, 15) is 14.4 Å². The SMILES string of the molecule is COc1ccc(C(C)=O)cc1CN1CCN(CCN2C(=O)CCC2=O)CC1. The predicted molar refractivity (Wildman–Crippen MR) is 101 cm³/mol. The molecule has 0 bridgehead atoms. The maximum absolute atomic E-state index is 11.7. The van der Waals surface area contributed by atoms with Crippen LogP contribution in [0.15, 0.2) is 18.2 Å². The van der Waals surface area contributed by atoms with Gasteiger partial charge in [0, 0.05) is 69.8 Å². The van der Waals surface area contributed by atoms with Gasteiger partial charge in [-0.05, 0) is 25.1 Å². The number of hydrogen-bond donors (Lipinski definition) is 0. The van der Waals surface area contributed by atoms with Gasteiger partial charge in [0.05, 0.1) is 7.11 Å². The molecule has 2 amide bonds. The second kappa shape index (κ2) is 8.63. The Morgan fingerprint density at radius 3 is 2.22 bits per heavy atom. The Labute approximate surface area is 159 Å². The largest absolute Gasteiger partial charge is 0.496 e. The number of piperazine rings is 1. The zero-order valence-corrected chi connectivity index (χ0v) is 16.1. The van der Waals surface area contributed by atoms with Crippen molar-refractivity contribution in [3.63, 3.8) is 0 Å². The molecule has 2 saturated heterocycles. The molecule has 2 fully saturated rings. The molecule has 2 heterocycles. The van der Waals surface area contributed by atoms with E-state index in [0.717, 1.165) is 50.6 Å². The summed E-state index contributed by atoms with van der Waals surface area (Å²) >= 11 is 0. The van der Waals surface area contributed by atoms with Crippen molar-refractivity contribution in [3.8, 4) is 5.75 Å². The van der Waals surface area contributed by atoms with Gasteiger partial charge in [0.15, 0.2) is 5.78 Å². The van der Waals surface area contributed by atoms with Gasteiger partial charge in [0.25, 0.3) is 0 Å². The van der Waals surface area contributed by atoms with E-state index < -0.39 is 0 Å². The first-order valence-electron chi connectivity index (χ1n) is 9.43. The maximum Gasteiger partial charge on any atom is 0.229 e. The van der Waals surface area contributed by atoms with Crippen LogP contribution in [0.3, 0.4) is 0 Å². The minimum absolute atomic E-state index is 0.0453. The highest BCUT2D eigenvalue weighted by molar-refractivity contribution is 6.01. The van der Waals surface area contributed by atoms with Gasteiger partial charge < -0.3 is 4.74 Å². The molecule has 1 aromatic carbocycles. The number of carbonyl (C=O) groups is 3. The molecule has 146 valence electrons. The molecule has 1 aromatic rings. The second-order valence-electron chi connectivity index (χ2n) is 7.14. The molecule has 7 nitrogen and oxygen atoms in total. The van der Waals surface area contributed by atoms with E-state index in [0.29, 0.717) is 24.9 Å². The molecule has 0 radical (unpaired) electrons. The van der Waals surface area contributed by atoms with Crippen LogP contribution in [0.5, 0.6) is 5.75 Å². The predicted octanol–water partition coefficient (Wildman–Crippen LogP) is 1.16. The zero-order chi connectivity index (χ0) is 19.4. The average Bonchev–Trinajstić information content (AvgIpc) is 2.99. The van der Waals surface area contributed by atoms with Gasteiger partial charge in [-0.15, -0.1) is 0 Å². The summed E-state index contributed by atoms with van der Waals surface area (Å²) in [4.78, 5) is 41.0. The van der Waals surface area contributed by atoms with Crippen molar-refractivity contribution in [1.82, 2.24) is 14.7 Å². The van der Waals surface area contributed by atoms with E-state index >= 15 is 0 Å². The standard InChI is InChI=1S/C20H27N3O4/c1-15(24)16-3-4-18(27-2)17(13-16)14-22-9-7-21(8-10-22)11-12-23-19(25)5-6-20(23)26/h3-4,13H,5-12,14H2,1-2H3. The number of ether oxygens (including phenoxy) is 1. The quantitative estimate of drug-likeness (QED) is 0.528. The Hall–Kier alpha value is -2.25. The third-order valence-electron chi connectivity index (χ3n) is 5.34. The van der Waals surface area contributed by atoms with E-state index in [1.165, 1.54) is 4.90 Å². The van der Waals surface area contributed by atoms with E-state index in [1.807, 2.05) is 12.1 Å².